The minimum Gasteiger partial charge on any atom is -0.472 e. The van der Waals surface area contributed by atoms with Gasteiger partial charge in [0, 0.05) is 27.9 Å². The van der Waals surface area contributed by atoms with E-state index in [4.69, 9.17) is 23.4 Å². The fourth-order valence-corrected chi connectivity index (χ4v) is 8.77. The second-order valence-corrected chi connectivity index (χ2v) is 12.0. The molecule has 9 nitrogen and oxygen atoms in total. The fourth-order valence-electron chi connectivity index (χ4n) is 8.77. The summed E-state index contributed by atoms with van der Waals surface area (Å²) in [6, 6.07) is 1.76. The van der Waals surface area contributed by atoms with Gasteiger partial charge in [0.15, 0.2) is 11.9 Å². The lowest BCUT2D eigenvalue weighted by Gasteiger charge is -2.65. The lowest BCUT2D eigenvalue weighted by Crippen LogP contribution is -2.74. The van der Waals surface area contributed by atoms with E-state index in [-0.39, 0.29) is 18.3 Å². The third kappa shape index (κ3) is 2.49. The zero-order chi connectivity index (χ0) is 25.9. The van der Waals surface area contributed by atoms with Gasteiger partial charge in [0.2, 0.25) is 0 Å². The summed E-state index contributed by atoms with van der Waals surface area (Å²) < 4.78 is 28.6. The molecule has 0 amide bonds. The number of ketones is 1. The van der Waals surface area contributed by atoms with Crippen LogP contribution in [0.1, 0.15) is 52.2 Å². The van der Waals surface area contributed by atoms with Crippen molar-refractivity contribution in [1.29, 1.82) is 0 Å². The molecule has 2 saturated carbocycles. The number of ether oxygens (including phenoxy) is 4. The normalized spacial score (nSPS) is 48.4. The molecule has 0 bridgehead atoms. The van der Waals surface area contributed by atoms with Crippen molar-refractivity contribution >= 4 is 17.7 Å². The van der Waals surface area contributed by atoms with Crippen molar-refractivity contribution in [2.75, 3.05) is 13.7 Å². The number of aliphatic hydroxyl groups excluding tert-OH is 1. The van der Waals surface area contributed by atoms with Crippen LogP contribution in [-0.2, 0) is 33.3 Å². The smallest absolute Gasteiger partial charge is 0.339 e. The van der Waals surface area contributed by atoms with Crippen LogP contribution < -0.4 is 0 Å². The minimum absolute atomic E-state index is 0.198. The van der Waals surface area contributed by atoms with Crippen molar-refractivity contribution in [3.8, 4) is 0 Å². The molecule has 2 aliphatic carbocycles. The Morgan fingerprint density at radius 1 is 1.19 bits per heavy atom. The summed E-state index contributed by atoms with van der Waals surface area (Å²) in [5.74, 6) is -2.41. The molecule has 9 atom stereocenters. The van der Waals surface area contributed by atoms with Gasteiger partial charge in [0.1, 0.15) is 17.8 Å². The summed E-state index contributed by atoms with van der Waals surface area (Å²) in [5, 5.41) is 11.8. The predicted octanol–water partition coefficient (Wildman–Crippen LogP) is 2.52. The van der Waals surface area contributed by atoms with Crippen LogP contribution in [0, 0.1) is 28.1 Å². The topological polar surface area (TPSA) is 125 Å². The van der Waals surface area contributed by atoms with Gasteiger partial charge in [-0.05, 0) is 38.7 Å². The SMILES string of the molecule is COC(=O)/C=C/[C@@]12COC(C)(C)[C@@H]1C(=O)[C@H](O)[C@]1(C)[C@@H]2CC[C@@]2(C)[C@H](c3ccoc3)OC(=O)[C@H]3O[C@@]312. The van der Waals surface area contributed by atoms with Crippen LogP contribution >= 0.6 is 0 Å². The number of aliphatic hydroxyl groups is 1. The maximum atomic E-state index is 14.1. The molecule has 3 saturated heterocycles. The van der Waals surface area contributed by atoms with Gasteiger partial charge < -0.3 is 28.5 Å². The first-order valence-corrected chi connectivity index (χ1v) is 12.4. The molecule has 6 rings (SSSR count). The highest BCUT2D eigenvalue weighted by atomic mass is 16.7. The average Bonchev–Trinajstić information content (AvgIpc) is 3.29. The molecule has 5 fully saturated rings. The van der Waals surface area contributed by atoms with Crippen molar-refractivity contribution in [3.63, 3.8) is 0 Å². The number of carbonyl (C=O) groups excluding carboxylic acids is 3. The first-order chi connectivity index (χ1) is 16.9. The quantitative estimate of drug-likeness (QED) is 0.379. The summed E-state index contributed by atoms with van der Waals surface area (Å²) in [5.41, 5.74) is -4.05. The summed E-state index contributed by atoms with van der Waals surface area (Å²) in [6.07, 6.45) is 4.44. The largest absolute Gasteiger partial charge is 0.472 e. The van der Waals surface area contributed by atoms with Gasteiger partial charge >= 0.3 is 11.9 Å². The number of hydrogen-bond acceptors (Lipinski definition) is 9. The van der Waals surface area contributed by atoms with E-state index < -0.39 is 63.6 Å². The van der Waals surface area contributed by atoms with E-state index in [0.717, 1.165) is 0 Å². The van der Waals surface area contributed by atoms with Crippen LogP contribution in [0.4, 0.5) is 0 Å². The summed E-state index contributed by atoms with van der Waals surface area (Å²) in [6.45, 7) is 7.75. The lowest BCUT2D eigenvalue weighted by molar-refractivity contribution is -0.231. The molecule has 1 spiro atoms. The van der Waals surface area contributed by atoms with Crippen LogP contribution in [0.2, 0.25) is 0 Å². The average molecular weight is 501 g/mol. The number of esters is 2. The van der Waals surface area contributed by atoms with Crippen molar-refractivity contribution < 1.29 is 42.9 Å². The Kier molecular flexibility index (Phi) is 4.70. The van der Waals surface area contributed by atoms with E-state index in [2.05, 4.69) is 0 Å². The van der Waals surface area contributed by atoms with Gasteiger partial charge in [-0.2, -0.15) is 0 Å². The monoisotopic (exact) mass is 500 g/mol. The standard InChI is InChI=1S/C27H32O9/c1-23(2)18-17(29)19(30)25(4)15(26(18,13-34-23)10-7-16(28)32-5)6-9-24(3)20(14-8-11-33-12-14)35-22(31)21-27(24,25)36-21/h7-8,10-12,15,18-21,30H,6,9,13H2,1-5H3/b10-7+/t15-,18-,19-,20-,21+,24-,25-,26-,27+/m0/s1. The number of epoxide rings is 1. The van der Waals surface area contributed by atoms with Gasteiger partial charge in [-0.25, -0.2) is 9.59 Å². The number of carbonyl (C=O) groups is 3. The minimum atomic E-state index is -1.39. The zero-order valence-electron chi connectivity index (χ0n) is 21.1. The highest BCUT2D eigenvalue weighted by molar-refractivity contribution is 5.92. The lowest BCUT2D eigenvalue weighted by atomic mass is 9.37. The molecule has 5 aliphatic rings. The third-order valence-corrected chi connectivity index (χ3v) is 10.2. The Bertz CT molecular complexity index is 1170. The number of furan rings is 1. The molecule has 1 N–H and O–H groups in total. The second-order valence-electron chi connectivity index (χ2n) is 12.0. The van der Waals surface area contributed by atoms with E-state index in [9.17, 15) is 19.5 Å². The van der Waals surface area contributed by atoms with Crippen molar-refractivity contribution in [3.05, 3.63) is 36.3 Å². The molecular weight excluding hydrogens is 468 g/mol. The number of cyclic esters (lactones) is 1. The Hall–Kier alpha value is -2.49. The van der Waals surface area contributed by atoms with E-state index in [0.29, 0.717) is 18.4 Å². The molecule has 9 heteroatoms. The molecule has 0 aromatic carbocycles. The Labute approximate surface area is 209 Å². The zero-order valence-corrected chi connectivity index (χ0v) is 21.1. The van der Waals surface area contributed by atoms with Crippen LogP contribution in [0.5, 0.6) is 0 Å². The van der Waals surface area contributed by atoms with E-state index in [1.165, 1.54) is 19.4 Å². The number of hydrogen-bond donors (Lipinski definition) is 1. The summed E-state index contributed by atoms with van der Waals surface area (Å²) >= 11 is 0. The first-order valence-electron chi connectivity index (χ1n) is 12.4. The van der Waals surface area contributed by atoms with Crippen LogP contribution in [0.15, 0.2) is 35.2 Å². The fraction of sp³-hybridized carbons (Fsp3) is 0.667. The Morgan fingerprint density at radius 3 is 2.61 bits per heavy atom. The molecule has 3 aliphatic heterocycles. The number of Topliss-reactive ketones (excluding diaryl/α,β-unsaturated/α-hetero) is 1. The van der Waals surface area contributed by atoms with E-state index in [1.54, 1.807) is 18.4 Å². The molecule has 0 unspecified atom stereocenters. The van der Waals surface area contributed by atoms with E-state index >= 15 is 0 Å². The van der Waals surface area contributed by atoms with Gasteiger partial charge in [-0.1, -0.05) is 19.9 Å². The molecule has 1 aromatic rings. The second kappa shape index (κ2) is 7.08. The van der Waals surface area contributed by atoms with Gasteiger partial charge in [-0.3, -0.25) is 4.79 Å². The van der Waals surface area contributed by atoms with Crippen LogP contribution in [0.25, 0.3) is 0 Å². The summed E-state index contributed by atoms with van der Waals surface area (Å²) in [7, 11) is 1.30. The number of methoxy groups -OCH3 is 1. The third-order valence-electron chi connectivity index (χ3n) is 10.2. The molecular formula is C27H32O9. The predicted molar refractivity (Wildman–Crippen MR) is 122 cm³/mol. The van der Waals surface area contributed by atoms with Crippen molar-refractivity contribution in [2.45, 2.75) is 70.1 Å². The van der Waals surface area contributed by atoms with Gasteiger partial charge in [-0.15, -0.1) is 0 Å². The van der Waals surface area contributed by atoms with E-state index in [1.807, 2.05) is 27.7 Å². The van der Waals surface area contributed by atoms with Crippen LogP contribution in [0.3, 0.4) is 0 Å². The molecule has 36 heavy (non-hydrogen) atoms. The molecule has 4 heterocycles. The van der Waals surface area contributed by atoms with Gasteiger partial charge in [0.05, 0.1) is 37.8 Å². The number of fused-ring (bicyclic) bond motifs is 3. The molecule has 1 aromatic heterocycles. The van der Waals surface area contributed by atoms with Crippen LogP contribution in [-0.4, -0.2) is 60.0 Å². The first kappa shape index (κ1) is 23.9. The molecule has 194 valence electrons. The summed E-state index contributed by atoms with van der Waals surface area (Å²) in [4.78, 5) is 39.4. The maximum Gasteiger partial charge on any atom is 0.339 e. The highest BCUT2D eigenvalue weighted by Gasteiger charge is 2.89. The Morgan fingerprint density at radius 2 is 1.94 bits per heavy atom. The Balaban J connectivity index is 1.55. The van der Waals surface area contributed by atoms with Crippen molar-refractivity contribution in [2.24, 2.45) is 28.1 Å². The van der Waals surface area contributed by atoms with Crippen molar-refractivity contribution in [1.82, 2.24) is 0 Å². The molecule has 0 radical (unpaired) electrons. The maximum absolute atomic E-state index is 14.1. The number of rotatable bonds is 3. The van der Waals surface area contributed by atoms with Gasteiger partial charge in [0.25, 0.3) is 0 Å². The highest BCUT2D eigenvalue weighted by Crippen LogP contribution is 2.79.